The molecule has 28 heavy (non-hydrogen) atoms. The van der Waals surface area contributed by atoms with Gasteiger partial charge >= 0.3 is 0 Å². The van der Waals surface area contributed by atoms with E-state index >= 15 is 0 Å². The summed E-state index contributed by atoms with van der Waals surface area (Å²) >= 11 is 0. The van der Waals surface area contributed by atoms with Crippen molar-refractivity contribution in [3.63, 3.8) is 0 Å². The first-order valence-corrected chi connectivity index (χ1v) is 10.4. The Morgan fingerprint density at radius 3 is 2.39 bits per heavy atom. The minimum Gasteiger partial charge on any atom is -0.468 e. The quantitative estimate of drug-likeness (QED) is 0.730. The molecule has 1 aliphatic heterocycles. The lowest BCUT2D eigenvalue weighted by atomic mass is 10.2. The van der Waals surface area contributed by atoms with Crippen molar-refractivity contribution in [2.45, 2.75) is 37.5 Å². The van der Waals surface area contributed by atoms with Crippen LogP contribution in [0.1, 0.15) is 19.6 Å². The van der Waals surface area contributed by atoms with E-state index in [1.165, 1.54) is 18.4 Å². The molecular formula is C19H23FN2O5S. The largest absolute Gasteiger partial charge is 0.468 e. The van der Waals surface area contributed by atoms with Crippen molar-refractivity contribution >= 4 is 15.9 Å². The third kappa shape index (κ3) is 4.78. The smallest absolute Gasteiger partial charge is 0.243 e. The number of carbonyl (C=O) groups excluding carboxylic acids is 1. The van der Waals surface area contributed by atoms with Crippen LogP contribution in [-0.2, 0) is 26.1 Å². The fourth-order valence-electron chi connectivity index (χ4n) is 3.19. The van der Waals surface area contributed by atoms with Gasteiger partial charge in [-0.2, -0.15) is 4.31 Å². The first-order valence-electron chi connectivity index (χ1n) is 8.97. The number of morpholine rings is 1. The zero-order chi connectivity index (χ0) is 20.3. The third-order valence-corrected chi connectivity index (χ3v) is 6.25. The fourth-order valence-corrected chi connectivity index (χ4v) is 4.55. The topological polar surface area (TPSA) is 80.1 Å². The summed E-state index contributed by atoms with van der Waals surface area (Å²) in [6, 6.07) is 7.80. The molecule has 0 spiro atoms. The number of sulfonamides is 1. The second-order valence-electron chi connectivity index (χ2n) is 6.86. The lowest BCUT2D eigenvalue weighted by Crippen LogP contribution is -2.51. The van der Waals surface area contributed by atoms with Crippen LogP contribution in [0.5, 0.6) is 0 Å². The minimum atomic E-state index is -4.03. The van der Waals surface area contributed by atoms with E-state index < -0.39 is 15.8 Å². The third-order valence-electron chi connectivity index (χ3n) is 4.45. The van der Waals surface area contributed by atoms with Crippen LogP contribution in [0.3, 0.4) is 0 Å². The summed E-state index contributed by atoms with van der Waals surface area (Å²) in [6.45, 7) is 4.08. The summed E-state index contributed by atoms with van der Waals surface area (Å²) in [5.41, 5.74) is 0. The first kappa shape index (κ1) is 20.5. The van der Waals surface area contributed by atoms with Crippen molar-refractivity contribution in [2.75, 3.05) is 19.6 Å². The second kappa shape index (κ2) is 8.42. The number of amides is 1. The molecule has 0 aliphatic carbocycles. The predicted octanol–water partition coefficient (Wildman–Crippen LogP) is 2.25. The molecular weight excluding hydrogens is 387 g/mol. The molecule has 2 aromatic rings. The molecule has 2 heterocycles. The molecule has 1 aromatic heterocycles. The Labute approximate surface area is 163 Å². The van der Waals surface area contributed by atoms with E-state index in [9.17, 15) is 17.6 Å². The molecule has 0 N–H and O–H groups in total. The molecule has 1 aromatic carbocycles. The van der Waals surface area contributed by atoms with Crippen LogP contribution in [0, 0.1) is 5.82 Å². The zero-order valence-electron chi connectivity index (χ0n) is 15.7. The molecule has 0 bridgehead atoms. The Morgan fingerprint density at radius 2 is 1.82 bits per heavy atom. The highest BCUT2D eigenvalue weighted by Gasteiger charge is 2.32. The number of ether oxygens (including phenoxy) is 1. The highest BCUT2D eigenvalue weighted by atomic mass is 32.2. The van der Waals surface area contributed by atoms with E-state index in [0.717, 1.165) is 16.4 Å². The average Bonchev–Trinajstić information content (AvgIpc) is 3.14. The van der Waals surface area contributed by atoms with E-state index in [-0.39, 0.29) is 36.1 Å². The number of halogens is 1. The fraction of sp³-hybridized carbons (Fsp3) is 0.421. The number of benzene rings is 1. The van der Waals surface area contributed by atoms with Crippen LogP contribution in [0.4, 0.5) is 4.39 Å². The molecule has 7 nitrogen and oxygen atoms in total. The van der Waals surface area contributed by atoms with Crippen molar-refractivity contribution in [3.8, 4) is 0 Å². The predicted molar refractivity (Wildman–Crippen MR) is 99.3 cm³/mol. The van der Waals surface area contributed by atoms with Crippen molar-refractivity contribution in [3.05, 3.63) is 54.2 Å². The number of nitrogens with zero attached hydrogens (tertiary/aromatic N) is 2. The molecule has 1 fully saturated rings. The summed E-state index contributed by atoms with van der Waals surface area (Å²) in [7, 11) is -4.03. The number of carbonyl (C=O) groups is 1. The maximum Gasteiger partial charge on any atom is 0.243 e. The van der Waals surface area contributed by atoms with Gasteiger partial charge in [-0.05, 0) is 50.2 Å². The molecule has 2 unspecified atom stereocenters. The standard InChI is InChI=1S/C19H23FN2O5S/c1-14-10-21(11-15(2)27-14)19(23)13-22(12-17-4-3-9-26-17)28(24,25)18-7-5-16(20)6-8-18/h3-9,14-15H,10-13H2,1-2H3. The molecule has 0 radical (unpaired) electrons. The Morgan fingerprint density at radius 1 is 1.18 bits per heavy atom. The lowest BCUT2D eigenvalue weighted by molar-refractivity contribution is -0.143. The van der Waals surface area contributed by atoms with Crippen LogP contribution in [0.15, 0.2) is 52.0 Å². The van der Waals surface area contributed by atoms with Gasteiger partial charge in [0.15, 0.2) is 0 Å². The molecule has 0 saturated carbocycles. The van der Waals surface area contributed by atoms with Crippen molar-refractivity contribution < 1.29 is 26.8 Å². The number of hydrogen-bond donors (Lipinski definition) is 0. The zero-order valence-corrected chi connectivity index (χ0v) is 16.6. The van der Waals surface area contributed by atoms with Crippen molar-refractivity contribution in [1.82, 2.24) is 9.21 Å². The van der Waals surface area contributed by atoms with Crippen molar-refractivity contribution in [1.29, 1.82) is 0 Å². The van der Waals surface area contributed by atoms with Gasteiger partial charge in [0.2, 0.25) is 15.9 Å². The number of rotatable bonds is 6. The van der Waals surface area contributed by atoms with Crippen molar-refractivity contribution in [2.24, 2.45) is 0 Å². The number of furan rings is 1. The van der Waals surface area contributed by atoms with E-state index in [2.05, 4.69) is 0 Å². The summed E-state index contributed by atoms with van der Waals surface area (Å²) in [4.78, 5) is 14.4. The van der Waals surface area contributed by atoms with Crippen LogP contribution >= 0.6 is 0 Å². The maximum absolute atomic E-state index is 13.2. The van der Waals surface area contributed by atoms with Crippen LogP contribution < -0.4 is 0 Å². The molecule has 3 rings (SSSR count). The highest BCUT2D eigenvalue weighted by molar-refractivity contribution is 7.89. The molecule has 1 amide bonds. The maximum atomic E-state index is 13.2. The Balaban J connectivity index is 1.84. The van der Waals surface area contributed by atoms with Gasteiger partial charge in [-0.1, -0.05) is 0 Å². The SMILES string of the molecule is CC1CN(C(=O)CN(Cc2ccco2)S(=O)(=O)c2ccc(F)cc2)CC(C)O1. The first-order chi connectivity index (χ1) is 13.3. The summed E-state index contributed by atoms with van der Waals surface area (Å²) in [6.07, 6.45) is 1.19. The molecule has 1 aliphatic rings. The Bertz CT molecular complexity index is 889. The summed E-state index contributed by atoms with van der Waals surface area (Å²) < 4.78 is 51.3. The monoisotopic (exact) mass is 410 g/mol. The lowest BCUT2D eigenvalue weighted by Gasteiger charge is -2.36. The van der Waals surface area contributed by atoms with Crippen LogP contribution in [-0.4, -0.2) is 55.4 Å². The normalized spacial score (nSPS) is 20.5. The molecule has 152 valence electrons. The molecule has 2 atom stereocenters. The minimum absolute atomic E-state index is 0.0861. The van der Waals surface area contributed by atoms with Crippen LogP contribution in [0.2, 0.25) is 0 Å². The second-order valence-corrected chi connectivity index (χ2v) is 8.80. The Hall–Kier alpha value is -2.23. The molecule has 1 saturated heterocycles. The van der Waals surface area contributed by atoms with E-state index in [1.54, 1.807) is 17.0 Å². The van der Waals surface area contributed by atoms with Gasteiger partial charge in [-0.3, -0.25) is 4.79 Å². The van der Waals surface area contributed by atoms with Gasteiger partial charge in [0.25, 0.3) is 0 Å². The van der Waals surface area contributed by atoms with Gasteiger partial charge in [0.05, 0.1) is 36.5 Å². The number of hydrogen-bond acceptors (Lipinski definition) is 5. The van der Waals surface area contributed by atoms with E-state index in [1.807, 2.05) is 13.8 Å². The molecule has 9 heteroatoms. The van der Waals surface area contributed by atoms with E-state index in [0.29, 0.717) is 18.8 Å². The van der Waals surface area contributed by atoms with E-state index in [4.69, 9.17) is 9.15 Å². The van der Waals surface area contributed by atoms with Gasteiger partial charge in [0.1, 0.15) is 11.6 Å². The average molecular weight is 410 g/mol. The van der Waals surface area contributed by atoms with Gasteiger partial charge in [-0.15, -0.1) is 0 Å². The van der Waals surface area contributed by atoms with Gasteiger partial charge in [-0.25, -0.2) is 12.8 Å². The van der Waals surface area contributed by atoms with Gasteiger partial charge in [0, 0.05) is 13.1 Å². The Kier molecular flexibility index (Phi) is 6.17. The summed E-state index contributed by atoms with van der Waals surface area (Å²) in [5, 5.41) is 0. The van der Waals surface area contributed by atoms with Crippen LogP contribution in [0.25, 0.3) is 0 Å². The summed E-state index contributed by atoms with van der Waals surface area (Å²) in [5.74, 6) is -0.453. The van der Waals surface area contributed by atoms with Gasteiger partial charge < -0.3 is 14.1 Å². The highest BCUT2D eigenvalue weighted by Crippen LogP contribution is 2.20.